The van der Waals surface area contributed by atoms with Crippen molar-refractivity contribution in [2.75, 3.05) is 14.2 Å². The first-order valence-electron chi connectivity index (χ1n) is 19.1. The summed E-state index contributed by atoms with van der Waals surface area (Å²) in [6.07, 6.45) is -3.65. The molecule has 0 saturated carbocycles. The van der Waals surface area contributed by atoms with Crippen LogP contribution in [0, 0.1) is 5.41 Å². The Morgan fingerprint density at radius 2 is 0.849 bits per heavy atom. The molecule has 0 spiro atoms. The van der Waals surface area contributed by atoms with Crippen LogP contribution in [0.25, 0.3) is 0 Å². The molecular weight excluding hydrogens is 668 g/mol. The first-order valence-corrected chi connectivity index (χ1v) is 19.1. The molecule has 0 amide bonds. The van der Waals surface area contributed by atoms with Crippen LogP contribution in [-0.2, 0) is 59.2 Å². The Labute approximate surface area is 320 Å². The minimum Gasteiger partial charge on any atom is -0.469 e. The smallest absolute Gasteiger partial charge is 0.305 e. The molecule has 0 saturated heterocycles. The van der Waals surface area contributed by atoms with E-state index in [1.54, 1.807) is 0 Å². The molecule has 2 aromatic rings. The summed E-state index contributed by atoms with van der Waals surface area (Å²) in [5, 5.41) is 50.6. The van der Waals surface area contributed by atoms with Crippen LogP contribution in [0.15, 0.2) is 24.3 Å². The van der Waals surface area contributed by atoms with E-state index in [-0.39, 0.29) is 36.6 Å². The third-order valence-corrected chi connectivity index (χ3v) is 10.0. The maximum Gasteiger partial charge on any atom is 0.305 e. The number of carbonyl (C=O) groups excluding carboxylic acids is 2. The van der Waals surface area contributed by atoms with Crippen LogP contribution in [0.2, 0.25) is 0 Å². The molecule has 2 rings (SSSR count). The number of methoxy groups -OCH3 is 2. The summed E-state index contributed by atoms with van der Waals surface area (Å²) >= 11 is 0. The number of hydrogen-bond acceptors (Lipinski definition) is 8. The monoisotopic (exact) mass is 741 g/mol. The summed E-state index contributed by atoms with van der Waals surface area (Å²) in [5.74, 6) is -0.660. The summed E-state index contributed by atoms with van der Waals surface area (Å²) in [7, 11) is 2.74. The lowest BCUT2D eigenvalue weighted by atomic mass is 9.61. The predicted octanol–water partition coefficient (Wildman–Crippen LogP) is 7.84. The maximum absolute atomic E-state index is 14.1. The fourth-order valence-corrected chi connectivity index (χ4v) is 7.20. The van der Waals surface area contributed by atoms with E-state index in [0.717, 1.165) is 33.4 Å². The summed E-state index contributed by atoms with van der Waals surface area (Å²) in [5.41, 5.74) is 0.652. The van der Waals surface area contributed by atoms with E-state index in [0.29, 0.717) is 24.0 Å². The predicted molar refractivity (Wildman–Crippen MR) is 213 cm³/mol. The first kappa shape index (κ1) is 46.4. The molecule has 0 bridgehead atoms. The van der Waals surface area contributed by atoms with Crippen molar-refractivity contribution in [3.8, 4) is 0 Å². The van der Waals surface area contributed by atoms with Gasteiger partial charge >= 0.3 is 11.9 Å². The van der Waals surface area contributed by atoms with Gasteiger partial charge in [0.1, 0.15) is 17.8 Å². The maximum atomic E-state index is 14.1. The normalized spacial score (nSPS) is 15.2. The zero-order chi connectivity index (χ0) is 41.3. The minimum atomic E-state index is -2.27. The highest BCUT2D eigenvalue weighted by molar-refractivity contribution is 5.70. The van der Waals surface area contributed by atoms with Crippen LogP contribution in [-0.4, -0.2) is 64.9 Å². The second-order valence-corrected chi connectivity index (χ2v) is 20.3. The van der Waals surface area contributed by atoms with Crippen LogP contribution in [0.3, 0.4) is 0 Å². The standard InChI is InChI=1S/C45H72O8/c1-40(2,3)26-33(46)38(49)39(50)45(51,36-29(41(4,5)6)22-27(18-20-34(47)52-16)23-30(36)42(7,8)9)37-31(43(10,11)12)24-28(19-21-35(48)53-17)25-32(37)44(13,14)15/h22-25,33,38-39,46,49-51H,18-21,26H2,1-17H3/t33?,38-,39-/m0/s1. The van der Waals surface area contributed by atoms with Gasteiger partial charge in [0.05, 0.1) is 20.3 Å². The average molecular weight is 741 g/mol. The number of aliphatic hydroxyl groups is 4. The molecule has 8 nitrogen and oxygen atoms in total. The minimum absolute atomic E-state index is 0.170. The van der Waals surface area contributed by atoms with E-state index in [1.807, 2.05) is 128 Å². The molecule has 0 aromatic heterocycles. The van der Waals surface area contributed by atoms with E-state index >= 15 is 0 Å². The van der Waals surface area contributed by atoms with E-state index in [4.69, 9.17) is 9.47 Å². The summed E-state index contributed by atoms with van der Waals surface area (Å²) in [4.78, 5) is 24.6. The van der Waals surface area contributed by atoms with Gasteiger partial charge in [-0.25, -0.2) is 0 Å². The van der Waals surface area contributed by atoms with Crippen molar-refractivity contribution < 1.29 is 39.5 Å². The van der Waals surface area contributed by atoms with Gasteiger partial charge in [-0.15, -0.1) is 0 Å². The fourth-order valence-electron chi connectivity index (χ4n) is 7.20. The molecule has 300 valence electrons. The number of carbonyl (C=O) groups is 2. The lowest BCUT2D eigenvalue weighted by Gasteiger charge is -2.47. The molecule has 1 unspecified atom stereocenters. The molecule has 0 aliphatic heterocycles. The Morgan fingerprint density at radius 1 is 0.566 bits per heavy atom. The molecule has 0 heterocycles. The van der Waals surface area contributed by atoms with Crippen molar-refractivity contribution >= 4 is 11.9 Å². The molecule has 3 atom stereocenters. The van der Waals surface area contributed by atoms with Crippen molar-refractivity contribution in [1.29, 1.82) is 0 Å². The summed E-state index contributed by atoms with van der Waals surface area (Å²) in [6.45, 7) is 30.4. The SMILES string of the molecule is COC(=O)CCc1cc(C(C)(C)C)c(C(O)(c2c(C(C)(C)C)cc(CCC(=O)OC)cc2C(C)(C)C)[C@@H](O)[C@@H](O)C(O)CC(C)(C)C)c(C(C)(C)C)c1. The van der Waals surface area contributed by atoms with Crippen molar-refractivity contribution in [3.05, 3.63) is 68.8 Å². The number of rotatable bonds is 12. The molecule has 2 aromatic carbocycles. The van der Waals surface area contributed by atoms with Gasteiger partial charge in [0.15, 0.2) is 0 Å². The van der Waals surface area contributed by atoms with Gasteiger partial charge in [0, 0.05) is 12.8 Å². The third kappa shape index (κ3) is 11.4. The largest absolute Gasteiger partial charge is 0.469 e. The number of aliphatic hydroxyl groups excluding tert-OH is 3. The summed E-state index contributed by atoms with van der Waals surface area (Å²) in [6, 6.07) is 8.01. The van der Waals surface area contributed by atoms with E-state index in [2.05, 4.69) is 0 Å². The third-order valence-electron chi connectivity index (χ3n) is 10.0. The van der Waals surface area contributed by atoms with E-state index < -0.39 is 45.6 Å². The Kier molecular flexibility index (Phi) is 14.5. The van der Waals surface area contributed by atoms with Crippen molar-refractivity contribution in [1.82, 2.24) is 0 Å². The van der Waals surface area contributed by atoms with Gasteiger partial charge in [-0.05, 0) is 90.8 Å². The van der Waals surface area contributed by atoms with Crippen LogP contribution >= 0.6 is 0 Å². The molecule has 0 fully saturated rings. The molecule has 53 heavy (non-hydrogen) atoms. The lowest BCUT2D eigenvalue weighted by molar-refractivity contribution is -0.146. The lowest BCUT2D eigenvalue weighted by Crippen LogP contribution is -2.55. The zero-order valence-corrected chi connectivity index (χ0v) is 36.0. The van der Waals surface area contributed by atoms with Gasteiger partial charge in [-0.1, -0.05) is 128 Å². The van der Waals surface area contributed by atoms with E-state index in [9.17, 15) is 30.0 Å². The van der Waals surface area contributed by atoms with Crippen molar-refractivity contribution in [3.63, 3.8) is 0 Å². The average Bonchev–Trinajstić information content (AvgIpc) is 3.01. The molecule has 0 aliphatic rings. The molecule has 0 radical (unpaired) electrons. The van der Waals surface area contributed by atoms with Crippen LogP contribution in [0.1, 0.15) is 168 Å². The number of aryl methyl sites for hydroxylation is 2. The molecule has 0 aliphatic carbocycles. The van der Waals surface area contributed by atoms with Crippen LogP contribution in [0.4, 0.5) is 0 Å². The second kappa shape index (κ2) is 16.5. The van der Waals surface area contributed by atoms with E-state index in [1.165, 1.54) is 14.2 Å². The van der Waals surface area contributed by atoms with Gasteiger partial charge in [-0.3, -0.25) is 9.59 Å². The number of ether oxygens (including phenoxy) is 2. The second-order valence-electron chi connectivity index (χ2n) is 20.3. The van der Waals surface area contributed by atoms with Gasteiger partial charge in [-0.2, -0.15) is 0 Å². The van der Waals surface area contributed by atoms with Crippen LogP contribution in [0.5, 0.6) is 0 Å². The highest BCUT2D eigenvalue weighted by atomic mass is 16.5. The summed E-state index contributed by atoms with van der Waals surface area (Å²) < 4.78 is 9.93. The quantitative estimate of drug-likeness (QED) is 0.162. The zero-order valence-electron chi connectivity index (χ0n) is 36.0. The van der Waals surface area contributed by atoms with Crippen molar-refractivity contribution in [2.45, 2.75) is 182 Å². The van der Waals surface area contributed by atoms with Gasteiger partial charge in [0.25, 0.3) is 0 Å². The molecular formula is C45H72O8. The number of hydrogen-bond donors (Lipinski definition) is 4. The van der Waals surface area contributed by atoms with Crippen molar-refractivity contribution in [2.24, 2.45) is 5.41 Å². The Balaban J connectivity index is 3.43. The molecule has 4 N–H and O–H groups in total. The first-order chi connectivity index (χ1) is 23.8. The van der Waals surface area contributed by atoms with Gasteiger partial charge < -0.3 is 29.9 Å². The fraction of sp³-hybridized carbons (Fsp3) is 0.689. The number of esters is 2. The number of benzene rings is 2. The topological polar surface area (TPSA) is 134 Å². The highest BCUT2D eigenvalue weighted by Gasteiger charge is 2.53. The van der Waals surface area contributed by atoms with Gasteiger partial charge in [0.2, 0.25) is 0 Å². The molecule has 8 heteroatoms. The Morgan fingerprint density at radius 3 is 1.08 bits per heavy atom. The Hall–Kier alpha value is -2.78. The van der Waals surface area contributed by atoms with Crippen LogP contribution < -0.4 is 0 Å². The Bertz CT molecular complexity index is 1410. The highest BCUT2D eigenvalue weighted by Crippen LogP contribution is 2.51.